The Morgan fingerprint density at radius 1 is 1.26 bits per heavy atom. The molecule has 1 aromatic rings. The average Bonchev–Trinajstić information content (AvgIpc) is 2.40. The van der Waals surface area contributed by atoms with Crippen LogP contribution in [0.2, 0.25) is 0 Å². The summed E-state index contributed by atoms with van der Waals surface area (Å²) >= 11 is 0. The molecule has 1 unspecified atom stereocenters. The lowest BCUT2D eigenvalue weighted by atomic mass is 10.2. The third kappa shape index (κ3) is 6.01. The first-order valence-electron chi connectivity index (χ1n) is 6.25. The van der Waals surface area contributed by atoms with Crippen LogP contribution in [0.4, 0.5) is 0 Å². The van der Waals surface area contributed by atoms with E-state index in [2.05, 4.69) is 5.32 Å². The van der Waals surface area contributed by atoms with Gasteiger partial charge in [0, 0.05) is 6.54 Å². The van der Waals surface area contributed by atoms with Crippen molar-refractivity contribution >= 4 is 11.9 Å². The van der Waals surface area contributed by atoms with Gasteiger partial charge in [-0.1, -0.05) is 18.2 Å². The first-order valence-corrected chi connectivity index (χ1v) is 6.25. The molecule has 0 saturated carbocycles. The molecular weight excluding hydrogens is 246 g/mol. The summed E-state index contributed by atoms with van der Waals surface area (Å²) in [5, 5.41) is 2.87. The normalized spacial score (nSPS) is 11.7. The van der Waals surface area contributed by atoms with Crippen LogP contribution in [0.15, 0.2) is 30.3 Å². The highest BCUT2D eigenvalue weighted by molar-refractivity contribution is 5.89. The third-order valence-electron chi connectivity index (χ3n) is 2.32. The van der Waals surface area contributed by atoms with E-state index in [-0.39, 0.29) is 24.6 Å². The maximum atomic E-state index is 11.7. The van der Waals surface area contributed by atoms with Crippen LogP contribution >= 0.6 is 0 Å². The van der Waals surface area contributed by atoms with Crippen LogP contribution in [-0.2, 0) is 14.3 Å². The summed E-state index contributed by atoms with van der Waals surface area (Å²) in [5.41, 5.74) is 0.514. The standard InChI is InChI=1S/C14H19NO4/c1-3-18-13(16)10-15-9-11(2)19-14(17)12-7-5-4-6-8-12/h4-8,11,15H,3,9-10H2,1-2H3. The molecular formula is C14H19NO4. The van der Waals surface area contributed by atoms with Crippen molar-refractivity contribution in [1.82, 2.24) is 5.32 Å². The highest BCUT2D eigenvalue weighted by Gasteiger charge is 2.11. The Bertz CT molecular complexity index is 405. The van der Waals surface area contributed by atoms with E-state index in [1.165, 1.54) is 0 Å². The second-order valence-electron chi connectivity index (χ2n) is 4.02. The minimum absolute atomic E-state index is 0.112. The minimum atomic E-state index is -0.369. The van der Waals surface area contributed by atoms with Gasteiger partial charge >= 0.3 is 11.9 Å². The Labute approximate surface area is 112 Å². The fourth-order valence-corrected chi connectivity index (χ4v) is 1.46. The van der Waals surface area contributed by atoms with Crippen molar-refractivity contribution in [1.29, 1.82) is 0 Å². The predicted molar refractivity (Wildman–Crippen MR) is 70.8 cm³/mol. The van der Waals surface area contributed by atoms with E-state index in [1.54, 1.807) is 38.1 Å². The van der Waals surface area contributed by atoms with Gasteiger partial charge in [0.05, 0.1) is 18.7 Å². The summed E-state index contributed by atoms with van der Waals surface area (Å²) in [5.74, 6) is -0.685. The molecule has 0 aliphatic heterocycles. The second kappa shape index (κ2) is 8.26. The molecule has 0 bridgehead atoms. The van der Waals surface area contributed by atoms with Crippen molar-refractivity contribution in [3.63, 3.8) is 0 Å². The van der Waals surface area contributed by atoms with Crippen LogP contribution in [0.5, 0.6) is 0 Å². The zero-order valence-electron chi connectivity index (χ0n) is 11.2. The molecule has 0 aliphatic carbocycles. The highest BCUT2D eigenvalue weighted by Crippen LogP contribution is 2.03. The lowest BCUT2D eigenvalue weighted by Gasteiger charge is -2.13. The van der Waals surface area contributed by atoms with Crippen LogP contribution in [0, 0.1) is 0 Å². The Kier molecular flexibility index (Phi) is 6.60. The van der Waals surface area contributed by atoms with Crippen molar-refractivity contribution < 1.29 is 19.1 Å². The average molecular weight is 265 g/mol. The van der Waals surface area contributed by atoms with Gasteiger partial charge in [-0.3, -0.25) is 4.79 Å². The number of esters is 2. The van der Waals surface area contributed by atoms with Gasteiger partial charge in [-0.15, -0.1) is 0 Å². The zero-order valence-corrected chi connectivity index (χ0v) is 11.2. The number of carbonyl (C=O) groups is 2. The minimum Gasteiger partial charge on any atom is -0.465 e. The SMILES string of the molecule is CCOC(=O)CNCC(C)OC(=O)c1ccccc1. The van der Waals surface area contributed by atoms with Crippen molar-refractivity contribution in [2.24, 2.45) is 0 Å². The highest BCUT2D eigenvalue weighted by atomic mass is 16.5. The molecule has 0 saturated heterocycles. The summed E-state index contributed by atoms with van der Waals surface area (Å²) in [4.78, 5) is 22.8. The molecule has 0 aromatic heterocycles. The number of rotatable bonds is 7. The Morgan fingerprint density at radius 3 is 2.58 bits per heavy atom. The van der Waals surface area contributed by atoms with Gasteiger partial charge in [0.25, 0.3) is 0 Å². The Balaban J connectivity index is 2.26. The molecule has 104 valence electrons. The quantitative estimate of drug-likeness (QED) is 0.755. The molecule has 0 aliphatic rings. The van der Waals surface area contributed by atoms with Gasteiger partial charge in [-0.2, -0.15) is 0 Å². The number of nitrogens with one attached hydrogen (secondary N) is 1. The predicted octanol–water partition coefficient (Wildman–Crippen LogP) is 1.38. The van der Waals surface area contributed by atoms with Gasteiger partial charge < -0.3 is 14.8 Å². The second-order valence-corrected chi connectivity index (χ2v) is 4.02. The Hall–Kier alpha value is -1.88. The van der Waals surface area contributed by atoms with Crippen molar-refractivity contribution in [2.45, 2.75) is 20.0 Å². The molecule has 1 aromatic carbocycles. The van der Waals surface area contributed by atoms with E-state index in [1.807, 2.05) is 6.07 Å². The zero-order chi connectivity index (χ0) is 14.1. The number of hydrogen-bond acceptors (Lipinski definition) is 5. The summed E-state index contributed by atoms with van der Waals surface area (Å²) in [6, 6.07) is 8.78. The maximum Gasteiger partial charge on any atom is 0.338 e. The van der Waals surface area contributed by atoms with Gasteiger partial charge in [0.2, 0.25) is 0 Å². The summed E-state index contributed by atoms with van der Waals surface area (Å²) in [7, 11) is 0. The van der Waals surface area contributed by atoms with Gasteiger partial charge in [0.1, 0.15) is 6.10 Å². The first kappa shape index (κ1) is 15.2. The molecule has 1 atom stereocenters. The molecule has 0 amide bonds. The molecule has 5 heteroatoms. The number of benzene rings is 1. The molecule has 5 nitrogen and oxygen atoms in total. The van der Waals surface area contributed by atoms with E-state index < -0.39 is 0 Å². The summed E-state index contributed by atoms with van der Waals surface area (Å²) in [6.45, 7) is 4.39. The van der Waals surface area contributed by atoms with Crippen molar-refractivity contribution in [3.05, 3.63) is 35.9 Å². The van der Waals surface area contributed by atoms with Crippen LogP contribution in [-0.4, -0.2) is 37.7 Å². The topological polar surface area (TPSA) is 64.6 Å². The lowest BCUT2D eigenvalue weighted by Crippen LogP contribution is -2.33. The number of hydrogen-bond donors (Lipinski definition) is 1. The van der Waals surface area contributed by atoms with Gasteiger partial charge in [-0.25, -0.2) is 4.79 Å². The molecule has 0 radical (unpaired) electrons. The number of carbonyl (C=O) groups excluding carboxylic acids is 2. The molecule has 0 fully saturated rings. The van der Waals surface area contributed by atoms with Gasteiger partial charge in [0.15, 0.2) is 0 Å². The summed E-state index contributed by atoms with van der Waals surface area (Å²) in [6.07, 6.45) is -0.317. The maximum absolute atomic E-state index is 11.7. The molecule has 1 N–H and O–H groups in total. The molecule has 0 heterocycles. The van der Waals surface area contributed by atoms with E-state index in [4.69, 9.17) is 9.47 Å². The van der Waals surface area contributed by atoms with Crippen LogP contribution in [0.3, 0.4) is 0 Å². The van der Waals surface area contributed by atoms with Crippen LogP contribution in [0.1, 0.15) is 24.2 Å². The van der Waals surface area contributed by atoms with E-state index in [9.17, 15) is 9.59 Å². The van der Waals surface area contributed by atoms with E-state index >= 15 is 0 Å². The molecule has 19 heavy (non-hydrogen) atoms. The third-order valence-corrected chi connectivity index (χ3v) is 2.32. The largest absolute Gasteiger partial charge is 0.465 e. The molecule has 1 rings (SSSR count). The van der Waals surface area contributed by atoms with Crippen LogP contribution in [0.25, 0.3) is 0 Å². The fourth-order valence-electron chi connectivity index (χ4n) is 1.46. The smallest absolute Gasteiger partial charge is 0.338 e. The van der Waals surface area contributed by atoms with E-state index in [0.717, 1.165) is 0 Å². The van der Waals surface area contributed by atoms with Crippen molar-refractivity contribution in [3.8, 4) is 0 Å². The summed E-state index contributed by atoms with van der Waals surface area (Å²) < 4.78 is 9.99. The first-order chi connectivity index (χ1) is 9.13. The van der Waals surface area contributed by atoms with Gasteiger partial charge in [-0.05, 0) is 26.0 Å². The van der Waals surface area contributed by atoms with Crippen molar-refractivity contribution in [2.75, 3.05) is 19.7 Å². The Morgan fingerprint density at radius 2 is 1.95 bits per heavy atom. The molecule has 0 spiro atoms. The van der Waals surface area contributed by atoms with Crippen LogP contribution < -0.4 is 5.32 Å². The monoisotopic (exact) mass is 265 g/mol. The number of ether oxygens (including phenoxy) is 2. The lowest BCUT2D eigenvalue weighted by molar-refractivity contribution is -0.142. The van der Waals surface area contributed by atoms with E-state index in [0.29, 0.717) is 18.7 Å². The fraction of sp³-hybridized carbons (Fsp3) is 0.429.